The Hall–Kier alpha value is -0.170. The average molecular weight is 251 g/mol. The van der Waals surface area contributed by atoms with Crippen molar-refractivity contribution in [3.63, 3.8) is 0 Å². The first-order valence-corrected chi connectivity index (χ1v) is 7.34. The molecule has 0 spiro atoms. The number of hydrogen-bond donors (Lipinski definition) is 2. The molecule has 0 aromatic heterocycles. The van der Waals surface area contributed by atoms with E-state index < -0.39 is 15.7 Å². The van der Waals surface area contributed by atoms with Gasteiger partial charge in [0.05, 0.1) is 0 Å². The molecule has 0 aliphatic rings. The Bertz CT molecular complexity index is 274. The van der Waals surface area contributed by atoms with Crippen LogP contribution in [0.5, 0.6) is 0 Å². The molecule has 0 aromatic rings. The maximum atomic E-state index is 12.0. The molecule has 0 saturated carbocycles. The second-order valence-corrected chi connectivity index (χ2v) is 5.55. The van der Waals surface area contributed by atoms with Crippen LogP contribution in [-0.2, 0) is 10.2 Å². The van der Waals surface area contributed by atoms with E-state index >= 15 is 0 Å². The van der Waals surface area contributed by atoms with Gasteiger partial charge in [-0.2, -0.15) is 17.4 Å². The van der Waals surface area contributed by atoms with Crippen LogP contribution >= 0.6 is 0 Å². The summed E-state index contributed by atoms with van der Waals surface area (Å²) in [5.74, 6) is 0. The van der Waals surface area contributed by atoms with Gasteiger partial charge in [-0.25, -0.2) is 0 Å². The minimum atomic E-state index is -3.41. The van der Waals surface area contributed by atoms with Crippen molar-refractivity contribution < 1.29 is 8.42 Å². The van der Waals surface area contributed by atoms with E-state index in [1.165, 1.54) is 4.31 Å². The largest absolute Gasteiger partial charge is 0.329 e. The minimum Gasteiger partial charge on any atom is -0.329 e. The third kappa shape index (κ3) is 3.69. The predicted octanol–water partition coefficient (Wildman–Crippen LogP) is 0.680. The number of nitrogens with one attached hydrogen (secondary N) is 1. The lowest BCUT2D eigenvalue weighted by atomic mass is 9.95. The number of rotatable bonds is 8. The molecule has 0 aliphatic heterocycles. The Balaban J connectivity index is 4.92. The highest BCUT2D eigenvalue weighted by atomic mass is 32.2. The van der Waals surface area contributed by atoms with Gasteiger partial charge in [-0.05, 0) is 12.8 Å². The van der Waals surface area contributed by atoms with Gasteiger partial charge in [-0.3, -0.25) is 0 Å². The standard InChI is InChI=1S/C10H25N3O2S/c1-5-10(6-2,9-11)12-16(14,15)13(7-3)8-4/h12H,5-9,11H2,1-4H3. The minimum absolute atomic E-state index is 0.320. The molecule has 0 rings (SSSR count). The molecule has 0 aromatic carbocycles. The van der Waals surface area contributed by atoms with E-state index in [1.54, 1.807) is 0 Å². The van der Waals surface area contributed by atoms with E-state index in [-0.39, 0.29) is 0 Å². The average Bonchev–Trinajstić information content (AvgIpc) is 2.27. The molecule has 98 valence electrons. The molecule has 16 heavy (non-hydrogen) atoms. The lowest BCUT2D eigenvalue weighted by molar-refractivity contribution is 0.341. The van der Waals surface area contributed by atoms with Gasteiger partial charge < -0.3 is 5.73 Å². The normalized spacial score (nSPS) is 13.4. The van der Waals surface area contributed by atoms with Crippen LogP contribution in [0.25, 0.3) is 0 Å². The van der Waals surface area contributed by atoms with E-state index in [0.29, 0.717) is 32.5 Å². The maximum Gasteiger partial charge on any atom is 0.279 e. The van der Waals surface area contributed by atoms with Gasteiger partial charge in [0.1, 0.15) is 0 Å². The first-order valence-electron chi connectivity index (χ1n) is 5.90. The third-order valence-corrected chi connectivity index (χ3v) is 5.02. The summed E-state index contributed by atoms with van der Waals surface area (Å²) < 4.78 is 28.2. The van der Waals surface area contributed by atoms with E-state index in [1.807, 2.05) is 27.7 Å². The zero-order valence-electron chi connectivity index (χ0n) is 10.8. The van der Waals surface area contributed by atoms with Crippen LogP contribution < -0.4 is 10.5 Å². The van der Waals surface area contributed by atoms with E-state index in [4.69, 9.17) is 5.73 Å². The summed E-state index contributed by atoms with van der Waals surface area (Å²) in [5, 5.41) is 0. The zero-order valence-corrected chi connectivity index (χ0v) is 11.6. The van der Waals surface area contributed by atoms with Gasteiger partial charge in [0.25, 0.3) is 10.2 Å². The summed E-state index contributed by atoms with van der Waals surface area (Å²) in [7, 11) is -3.41. The van der Waals surface area contributed by atoms with Gasteiger partial charge >= 0.3 is 0 Å². The predicted molar refractivity (Wildman–Crippen MR) is 67.3 cm³/mol. The van der Waals surface area contributed by atoms with E-state index in [9.17, 15) is 8.42 Å². The summed E-state index contributed by atoms with van der Waals surface area (Å²) in [5.41, 5.74) is 5.16. The second kappa shape index (κ2) is 6.54. The Kier molecular flexibility index (Phi) is 6.47. The molecule has 0 unspecified atom stereocenters. The van der Waals surface area contributed by atoms with Crippen molar-refractivity contribution in [3.05, 3.63) is 0 Å². The molecule has 0 radical (unpaired) electrons. The topological polar surface area (TPSA) is 75.4 Å². The summed E-state index contributed by atoms with van der Waals surface area (Å²) in [6.45, 7) is 8.80. The molecule has 0 heterocycles. The highest BCUT2D eigenvalue weighted by Crippen LogP contribution is 2.16. The zero-order chi connectivity index (χ0) is 12.8. The van der Waals surface area contributed by atoms with Crippen molar-refractivity contribution >= 4 is 10.2 Å². The quantitative estimate of drug-likeness (QED) is 0.666. The Morgan fingerprint density at radius 3 is 1.81 bits per heavy atom. The second-order valence-electron chi connectivity index (χ2n) is 3.88. The molecule has 5 nitrogen and oxygen atoms in total. The number of nitrogens with zero attached hydrogens (tertiary/aromatic N) is 1. The highest BCUT2D eigenvalue weighted by Gasteiger charge is 2.32. The van der Waals surface area contributed by atoms with Crippen LogP contribution in [0, 0.1) is 0 Å². The van der Waals surface area contributed by atoms with Gasteiger partial charge in [-0.1, -0.05) is 27.7 Å². The maximum absolute atomic E-state index is 12.0. The fourth-order valence-electron chi connectivity index (χ4n) is 1.63. The van der Waals surface area contributed by atoms with E-state index in [0.717, 1.165) is 0 Å². The van der Waals surface area contributed by atoms with Crippen molar-refractivity contribution in [2.45, 2.75) is 46.1 Å². The van der Waals surface area contributed by atoms with E-state index in [2.05, 4.69) is 4.72 Å². The third-order valence-electron chi connectivity index (χ3n) is 3.14. The molecule has 3 N–H and O–H groups in total. The monoisotopic (exact) mass is 251 g/mol. The molecular weight excluding hydrogens is 226 g/mol. The lowest BCUT2D eigenvalue weighted by Gasteiger charge is -2.33. The lowest BCUT2D eigenvalue weighted by Crippen LogP contribution is -2.56. The molecule has 0 amide bonds. The molecule has 0 saturated heterocycles. The van der Waals surface area contributed by atoms with Gasteiger partial charge in [0.2, 0.25) is 0 Å². The van der Waals surface area contributed by atoms with Crippen LogP contribution in [-0.4, -0.2) is 37.9 Å². The van der Waals surface area contributed by atoms with Crippen LogP contribution in [0.15, 0.2) is 0 Å². The number of nitrogens with two attached hydrogens (primary N) is 1. The van der Waals surface area contributed by atoms with Crippen molar-refractivity contribution in [1.29, 1.82) is 0 Å². The van der Waals surface area contributed by atoms with Crippen LogP contribution in [0.4, 0.5) is 0 Å². The first-order chi connectivity index (χ1) is 7.41. The van der Waals surface area contributed by atoms with Crippen molar-refractivity contribution in [2.75, 3.05) is 19.6 Å². The Morgan fingerprint density at radius 2 is 1.56 bits per heavy atom. The van der Waals surface area contributed by atoms with Crippen LogP contribution in [0.3, 0.4) is 0 Å². The molecule has 0 aliphatic carbocycles. The summed E-state index contributed by atoms with van der Waals surface area (Å²) in [6.07, 6.45) is 1.39. The molecule has 0 fully saturated rings. The highest BCUT2D eigenvalue weighted by molar-refractivity contribution is 7.87. The van der Waals surface area contributed by atoms with Crippen LogP contribution in [0.1, 0.15) is 40.5 Å². The first kappa shape index (κ1) is 15.8. The van der Waals surface area contributed by atoms with Crippen molar-refractivity contribution in [2.24, 2.45) is 5.73 Å². The summed E-state index contributed by atoms with van der Waals surface area (Å²) in [4.78, 5) is 0. The van der Waals surface area contributed by atoms with Crippen LogP contribution in [0.2, 0.25) is 0 Å². The van der Waals surface area contributed by atoms with Crippen molar-refractivity contribution in [1.82, 2.24) is 9.03 Å². The summed E-state index contributed by atoms with van der Waals surface area (Å²) >= 11 is 0. The molecular formula is C10H25N3O2S. The summed E-state index contributed by atoms with van der Waals surface area (Å²) in [6, 6.07) is 0. The van der Waals surface area contributed by atoms with Gasteiger partial charge in [0, 0.05) is 25.2 Å². The Labute approximate surface area is 99.6 Å². The molecule has 6 heteroatoms. The number of hydrogen-bond acceptors (Lipinski definition) is 3. The fraction of sp³-hybridized carbons (Fsp3) is 1.00. The SMILES string of the molecule is CCN(CC)S(=O)(=O)NC(CC)(CC)CN. The van der Waals surface area contributed by atoms with Crippen molar-refractivity contribution in [3.8, 4) is 0 Å². The Morgan fingerprint density at radius 1 is 1.12 bits per heavy atom. The fourth-order valence-corrected chi connectivity index (χ4v) is 3.35. The smallest absolute Gasteiger partial charge is 0.279 e. The van der Waals surface area contributed by atoms with Gasteiger partial charge in [-0.15, -0.1) is 0 Å². The molecule has 0 bridgehead atoms. The van der Waals surface area contributed by atoms with Gasteiger partial charge in [0.15, 0.2) is 0 Å². The molecule has 0 atom stereocenters.